The number of nitrogens with zero attached hydrogens (tertiary/aromatic N) is 3. The maximum atomic E-state index is 5.77. The molecular formula is C14H25N5. The Morgan fingerprint density at radius 1 is 1.37 bits per heavy atom. The van der Waals surface area contributed by atoms with Crippen molar-refractivity contribution in [1.82, 2.24) is 20.2 Å². The largest absolute Gasteiger partial charge is 0.271 e. The van der Waals surface area contributed by atoms with Crippen molar-refractivity contribution in [3.8, 4) is 0 Å². The molecule has 0 saturated heterocycles. The number of nitrogens with two attached hydrogens (primary N) is 1. The van der Waals surface area contributed by atoms with Crippen molar-refractivity contribution < 1.29 is 0 Å². The van der Waals surface area contributed by atoms with Gasteiger partial charge in [-0.1, -0.05) is 13.8 Å². The van der Waals surface area contributed by atoms with Crippen LogP contribution in [0.25, 0.3) is 0 Å². The SMILES string of the molecule is CC(C)Cn1ncnc1CC(NN)C1CC2CC2C1. The Kier molecular flexibility index (Phi) is 3.58. The molecule has 3 atom stereocenters. The van der Waals surface area contributed by atoms with E-state index in [1.807, 2.05) is 4.68 Å². The quantitative estimate of drug-likeness (QED) is 0.600. The molecule has 1 heterocycles. The van der Waals surface area contributed by atoms with Crippen LogP contribution in [0.3, 0.4) is 0 Å². The summed E-state index contributed by atoms with van der Waals surface area (Å²) in [5.41, 5.74) is 3.02. The van der Waals surface area contributed by atoms with Crippen LogP contribution in [0, 0.1) is 23.7 Å². The van der Waals surface area contributed by atoms with Crippen LogP contribution < -0.4 is 11.3 Å². The second-order valence-corrected chi connectivity index (χ2v) is 6.72. The molecule has 5 heteroatoms. The first-order chi connectivity index (χ1) is 9.17. The van der Waals surface area contributed by atoms with Gasteiger partial charge in [-0.2, -0.15) is 5.10 Å². The summed E-state index contributed by atoms with van der Waals surface area (Å²) >= 11 is 0. The highest BCUT2D eigenvalue weighted by Gasteiger charge is 2.47. The van der Waals surface area contributed by atoms with E-state index >= 15 is 0 Å². The number of hydrogen-bond acceptors (Lipinski definition) is 4. The summed E-state index contributed by atoms with van der Waals surface area (Å²) < 4.78 is 2.03. The molecule has 0 amide bonds. The first-order valence-corrected chi connectivity index (χ1v) is 7.50. The van der Waals surface area contributed by atoms with E-state index in [2.05, 4.69) is 29.4 Å². The van der Waals surface area contributed by atoms with Crippen molar-refractivity contribution >= 4 is 0 Å². The zero-order valence-electron chi connectivity index (χ0n) is 11.9. The Morgan fingerprint density at radius 3 is 2.74 bits per heavy atom. The van der Waals surface area contributed by atoms with Gasteiger partial charge in [-0.05, 0) is 42.9 Å². The lowest BCUT2D eigenvalue weighted by molar-refractivity contribution is 0.325. The number of hydrogen-bond donors (Lipinski definition) is 2. The molecule has 2 fully saturated rings. The van der Waals surface area contributed by atoms with Crippen molar-refractivity contribution in [1.29, 1.82) is 0 Å². The van der Waals surface area contributed by atoms with Crippen LogP contribution >= 0.6 is 0 Å². The lowest BCUT2D eigenvalue weighted by Gasteiger charge is -2.24. The van der Waals surface area contributed by atoms with Crippen LogP contribution in [0.2, 0.25) is 0 Å². The summed E-state index contributed by atoms with van der Waals surface area (Å²) in [6.07, 6.45) is 6.71. The van der Waals surface area contributed by atoms with E-state index < -0.39 is 0 Å². The molecular weight excluding hydrogens is 238 g/mol. The predicted octanol–water partition coefficient (Wildman–Crippen LogP) is 1.35. The molecule has 0 aromatic carbocycles. The fourth-order valence-electron chi connectivity index (χ4n) is 3.59. The molecule has 1 aromatic heterocycles. The van der Waals surface area contributed by atoms with E-state index in [0.29, 0.717) is 12.0 Å². The van der Waals surface area contributed by atoms with Crippen LogP contribution in [-0.4, -0.2) is 20.8 Å². The van der Waals surface area contributed by atoms with Gasteiger partial charge in [-0.15, -0.1) is 0 Å². The average molecular weight is 263 g/mol. The zero-order valence-corrected chi connectivity index (χ0v) is 11.9. The van der Waals surface area contributed by atoms with Gasteiger partial charge in [0.05, 0.1) is 0 Å². The van der Waals surface area contributed by atoms with Crippen molar-refractivity contribution in [2.75, 3.05) is 0 Å². The van der Waals surface area contributed by atoms with Crippen LogP contribution in [0.4, 0.5) is 0 Å². The molecule has 0 spiro atoms. The first kappa shape index (κ1) is 13.1. The first-order valence-electron chi connectivity index (χ1n) is 7.50. The molecule has 0 aliphatic heterocycles. The van der Waals surface area contributed by atoms with Crippen molar-refractivity contribution in [2.45, 2.75) is 52.1 Å². The Hall–Kier alpha value is -0.940. The third-order valence-corrected chi connectivity index (χ3v) is 4.70. The Morgan fingerprint density at radius 2 is 2.11 bits per heavy atom. The third kappa shape index (κ3) is 2.82. The maximum absolute atomic E-state index is 5.77. The number of nitrogens with one attached hydrogen (secondary N) is 1. The van der Waals surface area contributed by atoms with Crippen LogP contribution in [0.15, 0.2) is 6.33 Å². The van der Waals surface area contributed by atoms with E-state index in [1.54, 1.807) is 6.33 Å². The summed E-state index contributed by atoms with van der Waals surface area (Å²) in [5.74, 6) is 10.1. The lowest BCUT2D eigenvalue weighted by Crippen LogP contribution is -2.42. The highest BCUT2D eigenvalue weighted by Crippen LogP contribution is 2.55. The van der Waals surface area contributed by atoms with E-state index in [1.165, 1.54) is 19.3 Å². The minimum Gasteiger partial charge on any atom is -0.271 e. The van der Waals surface area contributed by atoms with Gasteiger partial charge in [-0.25, -0.2) is 9.67 Å². The maximum Gasteiger partial charge on any atom is 0.138 e. The van der Waals surface area contributed by atoms with Gasteiger partial charge in [0.1, 0.15) is 12.2 Å². The highest BCUT2D eigenvalue weighted by molar-refractivity contribution is 5.01. The molecule has 0 bridgehead atoms. The average Bonchev–Trinajstić information content (AvgIpc) is 2.79. The fraction of sp³-hybridized carbons (Fsp3) is 0.857. The minimum atomic E-state index is 0.350. The normalized spacial score (nSPS) is 30.6. The van der Waals surface area contributed by atoms with E-state index in [0.717, 1.165) is 36.5 Å². The van der Waals surface area contributed by atoms with Crippen molar-refractivity contribution in [3.63, 3.8) is 0 Å². The third-order valence-electron chi connectivity index (χ3n) is 4.70. The zero-order chi connectivity index (χ0) is 13.4. The molecule has 106 valence electrons. The van der Waals surface area contributed by atoms with Crippen molar-refractivity contribution in [3.05, 3.63) is 12.2 Å². The molecule has 19 heavy (non-hydrogen) atoms. The monoisotopic (exact) mass is 263 g/mol. The summed E-state index contributed by atoms with van der Waals surface area (Å²) in [7, 11) is 0. The summed E-state index contributed by atoms with van der Waals surface area (Å²) in [6.45, 7) is 5.34. The molecule has 2 aliphatic rings. The second kappa shape index (κ2) is 5.21. The van der Waals surface area contributed by atoms with Crippen molar-refractivity contribution in [2.24, 2.45) is 29.5 Å². The summed E-state index contributed by atoms with van der Waals surface area (Å²) in [5, 5.41) is 4.33. The highest BCUT2D eigenvalue weighted by atomic mass is 15.3. The second-order valence-electron chi connectivity index (χ2n) is 6.72. The van der Waals surface area contributed by atoms with Gasteiger partial charge >= 0.3 is 0 Å². The number of fused-ring (bicyclic) bond motifs is 1. The summed E-state index contributed by atoms with van der Waals surface area (Å²) in [6, 6.07) is 0.350. The van der Waals surface area contributed by atoms with Gasteiger partial charge in [-0.3, -0.25) is 11.3 Å². The predicted molar refractivity (Wildman–Crippen MR) is 74.0 cm³/mol. The summed E-state index contributed by atoms with van der Waals surface area (Å²) in [4.78, 5) is 4.41. The Labute approximate surface area is 114 Å². The van der Waals surface area contributed by atoms with Gasteiger partial charge in [0, 0.05) is 19.0 Å². The molecule has 3 N–H and O–H groups in total. The van der Waals surface area contributed by atoms with Crippen LogP contribution in [0.1, 0.15) is 38.9 Å². The molecule has 3 unspecified atom stereocenters. The number of hydrazine groups is 1. The van der Waals surface area contributed by atoms with Gasteiger partial charge in [0.25, 0.3) is 0 Å². The Balaban J connectivity index is 1.63. The fourth-order valence-corrected chi connectivity index (χ4v) is 3.59. The molecule has 2 saturated carbocycles. The van der Waals surface area contributed by atoms with Crippen LogP contribution in [0.5, 0.6) is 0 Å². The van der Waals surface area contributed by atoms with E-state index in [9.17, 15) is 0 Å². The van der Waals surface area contributed by atoms with Gasteiger partial charge in [0.15, 0.2) is 0 Å². The topological polar surface area (TPSA) is 68.8 Å². The standard InChI is InChI=1S/C14H25N5/c1-9(2)7-19-14(16-8-17-19)6-13(18-15)12-4-10-3-11(10)5-12/h8-13,18H,3-7,15H2,1-2H3. The minimum absolute atomic E-state index is 0.350. The Bertz CT molecular complexity index is 417. The molecule has 5 nitrogen and oxygen atoms in total. The van der Waals surface area contributed by atoms with Gasteiger partial charge in [0.2, 0.25) is 0 Å². The molecule has 2 aliphatic carbocycles. The molecule has 3 rings (SSSR count). The number of aromatic nitrogens is 3. The lowest BCUT2D eigenvalue weighted by atomic mass is 9.92. The van der Waals surface area contributed by atoms with E-state index in [-0.39, 0.29) is 0 Å². The smallest absolute Gasteiger partial charge is 0.138 e. The number of rotatable bonds is 6. The van der Waals surface area contributed by atoms with E-state index in [4.69, 9.17) is 5.84 Å². The van der Waals surface area contributed by atoms with Crippen LogP contribution in [-0.2, 0) is 13.0 Å². The molecule has 0 radical (unpaired) electrons. The van der Waals surface area contributed by atoms with Gasteiger partial charge < -0.3 is 0 Å². The molecule has 1 aromatic rings.